The molecule has 7 nitrogen and oxygen atoms in total. The van der Waals surface area contributed by atoms with E-state index >= 15 is 0 Å². The van der Waals surface area contributed by atoms with E-state index in [2.05, 4.69) is 10.0 Å². The molecule has 3 N–H and O–H groups in total. The topological polar surface area (TPSA) is 113 Å². The van der Waals surface area contributed by atoms with Gasteiger partial charge in [0.2, 0.25) is 15.9 Å². The third kappa shape index (κ3) is 4.28. The van der Waals surface area contributed by atoms with E-state index in [1.165, 1.54) is 6.92 Å². The molecule has 1 amide bonds. The van der Waals surface area contributed by atoms with E-state index in [9.17, 15) is 22.4 Å². The highest BCUT2D eigenvalue weighted by Crippen LogP contribution is 2.14. The Labute approximate surface area is 114 Å². The van der Waals surface area contributed by atoms with Crippen molar-refractivity contribution in [2.45, 2.75) is 11.8 Å². The molecule has 1 rings (SSSR count). The Balaban J connectivity index is 2.85. The predicted octanol–water partition coefficient (Wildman–Crippen LogP) is -0.0617. The summed E-state index contributed by atoms with van der Waals surface area (Å²) in [6, 6.07) is 2.47. The van der Waals surface area contributed by atoms with Gasteiger partial charge in [-0.15, -0.1) is 0 Å². The summed E-state index contributed by atoms with van der Waals surface area (Å²) in [5, 5.41) is 11.1. The van der Waals surface area contributed by atoms with E-state index in [1.54, 1.807) is 0 Å². The number of benzene rings is 1. The van der Waals surface area contributed by atoms with E-state index in [0.29, 0.717) is 0 Å². The Morgan fingerprint density at radius 1 is 1.30 bits per heavy atom. The molecule has 110 valence electrons. The lowest BCUT2D eigenvalue weighted by atomic mass is 10.2. The molecule has 9 heteroatoms. The summed E-state index contributed by atoms with van der Waals surface area (Å²) in [5.41, 5.74) is -0.727. The van der Waals surface area contributed by atoms with Crippen molar-refractivity contribution in [1.29, 1.82) is 0 Å². The monoisotopic (exact) mass is 304 g/mol. The summed E-state index contributed by atoms with van der Waals surface area (Å²) in [5.74, 6) is -2.88. The van der Waals surface area contributed by atoms with E-state index < -0.39 is 27.4 Å². The quantitative estimate of drug-likeness (QED) is 0.637. The largest absolute Gasteiger partial charge is 0.478 e. The molecular formula is C11H13FN2O5S. The van der Waals surface area contributed by atoms with Crippen LogP contribution in [0.25, 0.3) is 0 Å². The molecule has 0 spiro atoms. The van der Waals surface area contributed by atoms with Crippen molar-refractivity contribution in [2.24, 2.45) is 0 Å². The molecule has 0 radical (unpaired) electrons. The fraction of sp³-hybridized carbons (Fsp3) is 0.273. The minimum Gasteiger partial charge on any atom is -0.478 e. The third-order valence-corrected chi connectivity index (χ3v) is 3.73. The second-order valence-electron chi connectivity index (χ2n) is 3.83. The fourth-order valence-corrected chi connectivity index (χ4v) is 2.40. The zero-order chi connectivity index (χ0) is 15.3. The van der Waals surface area contributed by atoms with Crippen LogP contribution >= 0.6 is 0 Å². The lowest BCUT2D eigenvalue weighted by Gasteiger charge is -2.08. The molecule has 0 aromatic heterocycles. The first-order chi connectivity index (χ1) is 9.24. The molecule has 0 heterocycles. The predicted molar refractivity (Wildman–Crippen MR) is 67.2 cm³/mol. The fourth-order valence-electron chi connectivity index (χ4n) is 1.34. The van der Waals surface area contributed by atoms with Crippen LogP contribution < -0.4 is 10.0 Å². The van der Waals surface area contributed by atoms with Crippen molar-refractivity contribution in [3.63, 3.8) is 0 Å². The minimum absolute atomic E-state index is 0.0678. The Kier molecular flexibility index (Phi) is 5.17. The van der Waals surface area contributed by atoms with Gasteiger partial charge in [0.05, 0.1) is 10.5 Å². The van der Waals surface area contributed by atoms with Gasteiger partial charge >= 0.3 is 5.97 Å². The summed E-state index contributed by atoms with van der Waals surface area (Å²) in [7, 11) is -3.96. The molecule has 0 fully saturated rings. The number of hydrogen-bond acceptors (Lipinski definition) is 4. The van der Waals surface area contributed by atoms with Crippen LogP contribution in [0.1, 0.15) is 17.3 Å². The van der Waals surface area contributed by atoms with Crippen LogP contribution in [0, 0.1) is 5.82 Å². The number of hydrogen-bond donors (Lipinski definition) is 3. The number of carbonyl (C=O) groups is 2. The second kappa shape index (κ2) is 6.44. The minimum atomic E-state index is -3.96. The molecule has 1 aromatic carbocycles. The number of carboxylic acids is 1. The number of carboxylic acid groups (broad SMARTS) is 1. The molecule has 0 saturated heterocycles. The smallest absolute Gasteiger partial charge is 0.338 e. The second-order valence-corrected chi connectivity index (χ2v) is 5.59. The van der Waals surface area contributed by atoms with E-state index in [1.807, 2.05) is 0 Å². The summed E-state index contributed by atoms with van der Waals surface area (Å²) >= 11 is 0. The van der Waals surface area contributed by atoms with Gasteiger partial charge in [0, 0.05) is 20.0 Å². The van der Waals surface area contributed by atoms with Crippen molar-refractivity contribution < 1.29 is 27.5 Å². The van der Waals surface area contributed by atoms with Crippen LogP contribution in [0.2, 0.25) is 0 Å². The molecule has 1 aromatic rings. The summed E-state index contributed by atoms with van der Waals surface area (Å²) in [4.78, 5) is 21.0. The van der Waals surface area contributed by atoms with Gasteiger partial charge in [0.1, 0.15) is 5.82 Å². The third-order valence-electron chi connectivity index (χ3n) is 2.27. The van der Waals surface area contributed by atoms with Gasteiger partial charge in [0.25, 0.3) is 0 Å². The molecule has 0 unspecified atom stereocenters. The summed E-state index contributed by atoms with van der Waals surface area (Å²) in [6.45, 7) is 1.30. The molecule has 20 heavy (non-hydrogen) atoms. The van der Waals surface area contributed by atoms with Gasteiger partial charge in [-0.05, 0) is 18.2 Å². The van der Waals surface area contributed by atoms with Crippen LogP contribution in [0.15, 0.2) is 23.1 Å². The van der Waals surface area contributed by atoms with Crippen molar-refractivity contribution >= 4 is 21.9 Å². The molecule has 0 aliphatic rings. The van der Waals surface area contributed by atoms with E-state index in [-0.39, 0.29) is 23.9 Å². The molecule has 0 saturated carbocycles. The van der Waals surface area contributed by atoms with E-state index in [4.69, 9.17) is 5.11 Å². The van der Waals surface area contributed by atoms with Crippen LogP contribution in [0.4, 0.5) is 4.39 Å². The molecule has 0 aliphatic carbocycles. The van der Waals surface area contributed by atoms with Crippen LogP contribution in [-0.4, -0.2) is 38.5 Å². The lowest BCUT2D eigenvalue weighted by Crippen LogP contribution is -2.33. The molecule has 0 atom stereocenters. The number of aromatic carboxylic acids is 1. The van der Waals surface area contributed by atoms with Crippen LogP contribution in [0.5, 0.6) is 0 Å². The maximum Gasteiger partial charge on any atom is 0.338 e. The Morgan fingerprint density at radius 3 is 2.50 bits per heavy atom. The van der Waals surface area contributed by atoms with Gasteiger partial charge in [-0.1, -0.05) is 0 Å². The Morgan fingerprint density at radius 2 is 1.95 bits per heavy atom. The Bertz CT molecular complexity index is 630. The first-order valence-electron chi connectivity index (χ1n) is 5.51. The van der Waals surface area contributed by atoms with Gasteiger partial charge in [-0.25, -0.2) is 22.3 Å². The number of halogens is 1. The van der Waals surface area contributed by atoms with E-state index in [0.717, 1.165) is 18.2 Å². The maximum atomic E-state index is 13.2. The highest BCUT2D eigenvalue weighted by molar-refractivity contribution is 7.89. The number of nitrogens with one attached hydrogen (secondary N) is 2. The van der Waals surface area contributed by atoms with Crippen molar-refractivity contribution in [3.8, 4) is 0 Å². The zero-order valence-electron chi connectivity index (χ0n) is 10.5. The average molecular weight is 304 g/mol. The van der Waals surface area contributed by atoms with Gasteiger partial charge in [-0.2, -0.15) is 0 Å². The first kappa shape index (κ1) is 16.1. The van der Waals surface area contributed by atoms with Gasteiger partial charge in [-0.3, -0.25) is 4.79 Å². The van der Waals surface area contributed by atoms with Crippen LogP contribution in [0.3, 0.4) is 0 Å². The van der Waals surface area contributed by atoms with Crippen molar-refractivity contribution in [1.82, 2.24) is 10.0 Å². The van der Waals surface area contributed by atoms with Gasteiger partial charge in [0.15, 0.2) is 0 Å². The standard InChI is InChI=1S/C11H13FN2O5S/c1-7(15)13-4-5-14-20(18,19)8-2-3-10(12)9(6-8)11(16)17/h2-3,6,14H,4-5H2,1H3,(H,13,15)(H,16,17). The number of carbonyl (C=O) groups excluding carboxylic acids is 1. The first-order valence-corrected chi connectivity index (χ1v) is 6.99. The van der Waals surface area contributed by atoms with Crippen molar-refractivity contribution in [2.75, 3.05) is 13.1 Å². The number of rotatable bonds is 6. The number of sulfonamides is 1. The molecule has 0 bridgehead atoms. The average Bonchev–Trinajstić information content (AvgIpc) is 2.34. The normalized spacial score (nSPS) is 11.1. The molecular weight excluding hydrogens is 291 g/mol. The molecule has 0 aliphatic heterocycles. The zero-order valence-corrected chi connectivity index (χ0v) is 11.3. The highest BCUT2D eigenvalue weighted by atomic mass is 32.2. The highest BCUT2D eigenvalue weighted by Gasteiger charge is 2.18. The summed E-state index contributed by atoms with van der Waals surface area (Å²) < 4.78 is 39.0. The lowest BCUT2D eigenvalue weighted by molar-refractivity contribution is -0.118. The maximum absolute atomic E-state index is 13.2. The van der Waals surface area contributed by atoms with Crippen molar-refractivity contribution in [3.05, 3.63) is 29.6 Å². The Hall–Kier alpha value is -2.00. The van der Waals surface area contributed by atoms with Crippen LogP contribution in [-0.2, 0) is 14.8 Å². The number of amides is 1. The summed E-state index contributed by atoms with van der Waals surface area (Å²) in [6.07, 6.45) is 0. The SMILES string of the molecule is CC(=O)NCCNS(=O)(=O)c1ccc(F)c(C(=O)O)c1. The van der Waals surface area contributed by atoms with Gasteiger partial charge < -0.3 is 10.4 Å².